The molecule has 0 amide bonds. The minimum atomic E-state index is -2.98. The predicted molar refractivity (Wildman–Crippen MR) is 56.4 cm³/mol. The highest BCUT2D eigenvalue weighted by Crippen LogP contribution is 2.45. The van der Waals surface area contributed by atoms with Crippen LogP contribution in [0.15, 0.2) is 0 Å². The first kappa shape index (κ1) is 14.6. The monoisotopic (exact) mass is 234 g/mol. The molecular weight excluding hydrogens is 217 g/mol. The summed E-state index contributed by atoms with van der Waals surface area (Å²) in [6.45, 7) is 3.95. The van der Waals surface area contributed by atoms with Crippen LogP contribution in [0, 0.1) is 18.3 Å². The molecule has 87 valence electrons. The van der Waals surface area contributed by atoms with Crippen molar-refractivity contribution in [1.82, 2.24) is 0 Å². The molecule has 0 spiro atoms. The summed E-state index contributed by atoms with van der Waals surface area (Å²) in [6, 6.07) is 2.00. The van der Waals surface area contributed by atoms with Gasteiger partial charge in [0.1, 0.15) is 0 Å². The molecule has 0 saturated heterocycles. The molecule has 15 heavy (non-hydrogen) atoms. The first-order chi connectivity index (χ1) is 7.08. The van der Waals surface area contributed by atoms with Gasteiger partial charge < -0.3 is 13.8 Å². The molecule has 0 heterocycles. The SMILES string of the molecule is [CH2]C(CCC#N)OCCP(=O)(OC)OC. The Labute approximate surface area is 90.9 Å². The summed E-state index contributed by atoms with van der Waals surface area (Å²) in [5.41, 5.74) is 0. The van der Waals surface area contributed by atoms with Crippen LogP contribution in [0.1, 0.15) is 12.8 Å². The summed E-state index contributed by atoms with van der Waals surface area (Å²) in [6.07, 6.45) is 0.909. The Hall–Kier alpha value is -0.400. The van der Waals surface area contributed by atoms with Crippen LogP contribution in [-0.2, 0) is 18.3 Å². The van der Waals surface area contributed by atoms with E-state index in [-0.39, 0.29) is 18.9 Å². The molecule has 0 aliphatic heterocycles. The van der Waals surface area contributed by atoms with Gasteiger partial charge in [-0.05, 0) is 13.3 Å². The lowest BCUT2D eigenvalue weighted by Crippen LogP contribution is -2.12. The third-order valence-electron chi connectivity index (χ3n) is 1.85. The third kappa shape index (κ3) is 6.64. The number of hydrogen-bond donors (Lipinski definition) is 0. The topological polar surface area (TPSA) is 68.5 Å². The summed E-state index contributed by atoms with van der Waals surface area (Å²) in [5, 5.41) is 8.33. The van der Waals surface area contributed by atoms with E-state index in [0.29, 0.717) is 12.8 Å². The quantitative estimate of drug-likeness (QED) is 0.601. The van der Waals surface area contributed by atoms with E-state index >= 15 is 0 Å². The number of ether oxygens (including phenoxy) is 1. The zero-order valence-corrected chi connectivity index (χ0v) is 10.0. The van der Waals surface area contributed by atoms with Gasteiger partial charge >= 0.3 is 7.60 Å². The van der Waals surface area contributed by atoms with Gasteiger partial charge in [0.05, 0.1) is 24.9 Å². The first-order valence-corrected chi connectivity index (χ1v) is 6.33. The molecule has 0 aliphatic carbocycles. The van der Waals surface area contributed by atoms with Gasteiger partial charge in [0.25, 0.3) is 0 Å². The van der Waals surface area contributed by atoms with Crippen molar-refractivity contribution < 1.29 is 18.3 Å². The number of rotatable bonds is 8. The molecule has 0 aromatic heterocycles. The van der Waals surface area contributed by atoms with Crippen molar-refractivity contribution in [2.75, 3.05) is 27.0 Å². The lowest BCUT2D eigenvalue weighted by atomic mass is 10.2. The standard InChI is InChI=1S/C9H17NO4P/c1-9(5-4-6-10)14-7-8-15(11,12-2)13-3/h9H,1,4-5,7-8H2,2-3H3. The van der Waals surface area contributed by atoms with Crippen LogP contribution < -0.4 is 0 Å². The molecule has 0 bridgehead atoms. The highest BCUT2D eigenvalue weighted by molar-refractivity contribution is 7.53. The first-order valence-electron chi connectivity index (χ1n) is 4.60. The van der Waals surface area contributed by atoms with E-state index in [1.165, 1.54) is 14.2 Å². The molecule has 1 radical (unpaired) electrons. The summed E-state index contributed by atoms with van der Waals surface area (Å²) in [5.74, 6) is 0. The normalized spacial score (nSPS) is 13.5. The summed E-state index contributed by atoms with van der Waals surface area (Å²) in [4.78, 5) is 0. The Bertz CT molecular complexity index is 243. The summed E-state index contributed by atoms with van der Waals surface area (Å²) >= 11 is 0. The molecule has 0 saturated carbocycles. The van der Waals surface area contributed by atoms with Crippen molar-refractivity contribution in [2.45, 2.75) is 18.9 Å². The molecule has 0 N–H and O–H groups in total. The zero-order chi connectivity index (χ0) is 11.7. The fraction of sp³-hybridized carbons (Fsp3) is 0.778. The van der Waals surface area contributed by atoms with Gasteiger partial charge in [-0.3, -0.25) is 4.57 Å². The lowest BCUT2D eigenvalue weighted by Gasteiger charge is -2.15. The van der Waals surface area contributed by atoms with Gasteiger partial charge in [-0.2, -0.15) is 5.26 Å². The average molecular weight is 234 g/mol. The maximum Gasteiger partial charge on any atom is 0.332 e. The molecule has 5 nitrogen and oxygen atoms in total. The van der Waals surface area contributed by atoms with Crippen molar-refractivity contribution in [1.29, 1.82) is 5.26 Å². The smallest absolute Gasteiger partial charge is 0.332 e. The summed E-state index contributed by atoms with van der Waals surface area (Å²) < 4.78 is 26.3. The highest BCUT2D eigenvalue weighted by Gasteiger charge is 2.20. The Morgan fingerprint density at radius 3 is 2.53 bits per heavy atom. The van der Waals surface area contributed by atoms with E-state index in [1.54, 1.807) is 0 Å². The van der Waals surface area contributed by atoms with Crippen molar-refractivity contribution >= 4 is 7.60 Å². The molecule has 0 fully saturated rings. The van der Waals surface area contributed by atoms with Gasteiger partial charge in [-0.15, -0.1) is 0 Å². The minimum absolute atomic E-state index is 0.193. The van der Waals surface area contributed by atoms with Crippen molar-refractivity contribution in [3.63, 3.8) is 0 Å². The second-order valence-electron chi connectivity index (χ2n) is 2.89. The van der Waals surface area contributed by atoms with Crippen LogP contribution in [0.2, 0.25) is 0 Å². The number of nitriles is 1. The van der Waals surface area contributed by atoms with E-state index in [4.69, 9.17) is 19.0 Å². The van der Waals surface area contributed by atoms with Crippen LogP contribution in [0.4, 0.5) is 0 Å². The van der Waals surface area contributed by atoms with Crippen molar-refractivity contribution in [2.24, 2.45) is 0 Å². The third-order valence-corrected chi connectivity index (χ3v) is 3.70. The second-order valence-corrected chi connectivity index (χ2v) is 5.29. The van der Waals surface area contributed by atoms with Crippen LogP contribution in [0.3, 0.4) is 0 Å². The molecule has 0 aromatic carbocycles. The molecule has 6 heteroatoms. The van der Waals surface area contributed by atoms with Gasteiger partial charge in [-0.25, -0.2) is 0 Å². The van der Waals surface area contributed by atoms with Crippen LogP contribution in [0.5, 0.6) is 0 Å². The lowest BCUT2D eigenvalue weighted by molar-refractivity contribution is 0.0872. The van der Waals surface area contributed by atoms with Gasteiger partial charge in [0, 0.05) is 20.6 Å². The summed E-state index contributed by atoms with van der Waals surface area (Å²) in [7, 11) is -0.311. The average Bonchev–Trinajstić information content (AvgIpc) is 2.26. The fourth-order valence-electron chi connectivity index (χ4n) is 0.897. The van der Waals surface area contributed by atoms with E-state index in [0.717, 1.165) is 0 Å². The predicted octanol–water partition coefficient (Wildman–Crippen LogP) is 2.00. The van der Waals surface area contributed by atoms with E-state index in [2.05, 4.69) is 6.92 Å². The van der Waals surface area contributed by atoms with Gasteiger partial charge in [0.2, 0.25) is 0 Å². The van der Waals surface area contributed by atoms with Crippen LogP contribution in [0.25, 0.3) is 0 Å². The minimum Gasteiger partial charge on any atom is -0.378 e. The largest absolute Gasteiger partial charge is 0.378 e. The Balaban J connectivity index is 3.69. The molecule has 0 aliphatic rings. The van der Waals surface area contributed by atoms with E-state index in [9.17, 15) is 4.57 Å². The maximum atomic E-state index is 11.5. The van der Waals surface area contributed by atoms with Gasteiger partial charge in [-0.1, -0.05) is 0 Å². The number of nitrogens with zero attached hydrogens (tertiary/aromatic N) is 1. The van der Waals surface area contributed by atoms with E-state index in [1.807, 2.05) is 6.07 Å². The zero-order valence-electron chi connectivity index (χ0n) is 9.14. The Morgan fingerprint density at radius 2 is 2.07 bits per heavy atom. The van der Waals surface area contributed by atoms with Crippen LogP contribution in [-0.4, -0.2) is 33.1 Å². The fourth-order valence-corrected chi connectivity index (χ4v) is 1.74. The van der Waals surface area contributed by atoms with E-state index < -0.39 is 7.60 Å². The maximum absolute atomic E-state index is 11.5. The van der Waals surface area contributed by atoms with Gasteiger partial charge in [0.15, 0.2) is 0 Å². The molecule has 0 rings (SSSR count). The molecule has 0 aromatic rings. The second kappa shape index (κ2) is 7.84. The van der Waals surface area contributed by atoms with Crippen molar-refractivity contribution in [3.8, 4) is 6.07 Å². The Morgan fingerprint density at radius 1 is 1.47 bits per heavy atom. The number of hydrogen-bond acceptors (Lipinski definition) is 5. The molecule has 1 atom stereocenters. The van der Waals surface area contributed by atoms with Crippen molar-refractivity contribution in [3.05, 3.63) is 6.92 Å². The Kier molecular flexibility index (Phi) is 7.63. The molecule has 1 unspecified atom stereocenters. The molecular formula is C9H17NO4P. The van der Waals surface area contributed by atoms with Crippen LogP contribution >= 0.6 is 7.60 Å². The highest BCUT2D eigenvalue weighted by atomic mass is 31.2.